The van der Waals surface area contributed by atoms with Crippen molar-refractivity contribution >= 4 is 24.2 Å². The number of hydrogen-bond donors (Lipinski definition) is 1. The summed E-state index contributed by atoms with van der Waals surface area (Å²) in [5.41, 5.74) is 0. The summed E-state index contributed by atoms with van der Waals surface area (Å²) in [6, 6.07) is 3.84. The Morgan fingerprint density at radius 1 is 1.53 bits per heavy atom. The molecule has 1 N–H and O–H groups in total. The van der Waals surface area contributed by atoms with E-state index >= 15 is 0 Å². The summed E-state index contributed by atoms with van der Waals surface area (Å²) in [5.74, 6) is 1.87. The van der Waals surface area contributed by atoms with Gasteiger partial charge in [0, 0.05) is 19.3 Å². The molecular formula is C9H14ClN5OS. The Labute approximate surface area is 110 Å². The fraction of sp³-hybridized carbons (Fsp3) is 0.444. The highest BCUT2D eigenvalue weighted by molar-refractivity contribution is 7.99. The Kier molecular flexibility index (Phi) is 6.03. The van der Waals surface area contributed by atoms with E-state index < -0.39 is 0 Å². The van der Waals surface area contributed by atoms with E-state index in [2.05, 4.69) is 20.8 Å². The normalized spacial score (nSPS) is 10.2. The zero-order valence-corrected chi connectivity index (χ0v) is 11.0. The summed E-state index contributed by atoms with van der Waals surface area (Å²) in [7, 11) is 1.83. The first kappa shape index (κ1) is 14.0. The molecule has 0 saturated heterocycles. The van der Waals surface area contributed by atoms with Gasteiger partial charge in [-0.05, 0) is 22.6 Å². The molecule has 0 bridgehead atoms. The molecule has 0 unspecified atom stereocenters. The maximum atomic E-state index is 5.20. The minimum absolute atomic E-state index is 0. The van der Waals surface area contributed by atoms with Crippen LogP contribution in [0.1, 0.15) is 5.76 Å². The molecule has 0 aliphatic carbocycles. The topological polar surface area (TPSA) is 68.8 Å². The van der Waals surface area contributed by atoms with Crippen molar-refractivity contribution in [1.82, 2.24) is 25.5 Å². The number of hydrogen-bond acceptors (Lipinski definition) is 6. The van der Waals surface area contributed by atoms with Gasteiger partial charge >= 0.3 is 0 Å². The van der Waals surface area contributed by atoms with E-state index in [1.54, 1.807) is 22.7 Å². The monoisotopic (exact) mass is 275 g/mol. The first-order chi connectivity index (χ1) is 7.86. The highest BCUT2D eigenvalue weighted by Gasteiger charge is 2.01. The van der Waals surface area contributed by atoms with Crippen LogP contribution in [0.4, 0.5) is 0 Å². The molecule has 0 saturated carbocycles. The van der Waals surface area contributed by atoms with Crippen LogP contribution in [0.3, 0.4) is 0 Å². The van der Waals surface area contributed by atoms with E-state index in [4.69, 9.17) is 4.42 Å². The van der Waals surface area contributed by atoms with Crippen LogP contribution in [0.2, 0.25) is 0 Å². The highest BCUT2D eigenvalue weighted by atomic mass is 35.5. The van der Waals surface area contributed by atoms with Gasteiger partial charge in [0.15, 0.2) is 0 Å². The van der Waals surface area contributed by atoms with Gasteiger partial charge in [-0.15, -0.1) is 17.5 Å². The molecule has 6 nitrogen and oxygen atoms in total. The second-order valence-corrected chi connectivity index (χ2v) is 4.25. The van der Waals surface area contributed by atoms with E-state index in [1.165, 1.54) is 0 Å². The van der Waals surface area contributed by atoms with Crippen molar-refractivity contribution in [3.05, 3.63) is 24.2 Å². The molecule has 0 amide bonds. The number of nitrogens with one attached hydrogen (secondary N) is 1. The van der Waals surface area contributed by atoms with Crippen LogP contribution in [0.5, 0.6) is 0 Å². The van der Waals surface area contributed by atoms with Crippen LogP contribution in [-0.2, 0) is 13.6 Å². The highest BCUT2D eigenvalue weighted by Crippen LogP contribution is 2.10. The number of furan rings is 1. The van der Waals surface area contributed by atoms with Crippen LogP contribution < -0.4 is 5.32 Å². The smallest absolute Gasteiger partial charge is 0.209 e. The summed E-state index contributed by atoms with van der Waals surface area (Å²) < 4.78 is 6.86. The van der Waals surface area contributed by atoms with Gasteiger partial charge in [-0.25, -0.2) is 4.68 Å². The fourth-order valence-corrected chi connectivity index (χ4v) is 1.93. The van der Waals surface area contributed by atoms with Crippen LogP contribution in [-0.4, -0.2) is 32.5 Å². The number of rotatable bonds is 6. The third-order valence-corrected chi connectivity index (χ3v) is 2.98. The van der Waals surface area contributed by atoms with Crippen LogP contribution in [0.15, 0.2) is 28.0 Å². The molecule has 0 aliphatic rings. The standard InChI is InChI=1S/C9H13N5OS.ClH/c1-14-9(11-12-13-14)16-6-4-10-7-8-3-2-5-15-8;/h2-3,5,10H,4,6-7H2,1H3;1H. The molecule has 0 aromatic carbocycles. The maximum Gasteiger partial charge on any atom is 0.209 e. The predicted molar refractivity (Wildman–Crippen MR) is 67.2 cm³/mol. The van der Waals surface area contributed by atoms with Crippen molar-refractivity contribution < 1.29 is 4.42 Å². The Bertz CT molecular complexity index is 419. The molecule has 17 heavy (non-hydrogen) atoms. The number of aromatic nitrogens is 4. The molecule has 0 radical (unpaired) electrons. The Hall–Kier alpha value is -1.05. The van der Waals surface area contributed by atoms with Gasteiger partial charge in [-0.3, -0.25) is 0 Å². The van der Waals surface area contributed by atoms with E-state index in [-0.39, 0.29) is 12.4 Å². The number of nitrogens with zero attached hydrogens (tertiary/aromatic N) is 4. The summed E-state index contributed by atoms with van der Waals surface area (Å²) in [6.07, 6.45) is 1.68. The Morgan fingerprint density at radius 3 is 3.06 bits per heavy atom. The van der Waals surface area contributed by atoms with Crippen molar-refractivity contribution in [2.45, 2.75) is 11.7 Å². The SMILES string of the molecule is Cl.Cn1nnnc1SCCNCc1ccco1. The van der Waals surface area contributed by atoms with Crippen molar-refractivity contribution in [2.75, 3.05) is 12.3 Å². The second-order valence-electron chi connectivity index (χ2n) is 3.19. The average Bonchev–Trinajstić information content (AvgIpc) is 2.90. The largest absolute Gasteiger partial charge is 0.468 e. The Balaban J connectivity index is 0.00000144. The van der Waals surface area contributed by atoms with E-state index in [0.717, 1.165) is 29.8 Å². The molecule has 0 aliphatic heterocycles. The van der Waals surface area contributed by atoms with Gasteiger partial charge in [0.25, 0.3) is 0 Å². The molecular weight excluding hydrogens is 262 g/mol. The predicted octanol–water partition coefficient (Wildman–Crippen LogP) is 1.11. The molecule has 0 fully saturated rings. The molecule has 2 rings (SSSR count). The third kappa shape index (κ3) is 4.37. The summed E-state index contributed by atoms with van der Waals surface area (Å²) in [5, 5.41) is 15.3. The van der Waals surface area contributed by atoms with Crippen LogP contribution in [0.25, 0.3) is 0 Å². The molecule has 94 valence electrons. The first-order valence-corrected chi connectivity index (χ1v) is 5.93. The fourth-order valence-electron chi connectivity index (χ4n) is 1.18. The number of halogens is 1. The van der Waals surface area contributed by atoms with Crippen LogP contribution >= 0.6 is 24.2 Å². The molecule has 2 aromatic rings. The second kappa shape index (κ2) is 7.31. The lowest BCUT2D eigenvalue weighted by molar-refractivity contribution is 0.488. The first-order valence-electron chi connectivity index (χ1n) is 4.94. The van der Waals surface area contributed by atoms with Crippen LogP contribution in [0, 0.1) is 0 Å². The van der Waals surface area contributed by atoms with Crippen molar-refractivity contribution in [3.63, 3.8) is 0 Å². The third-order valence-electron chi connectivity index (χ3n) is 1.97. The summed E-state index contributed by atoms with van der Waals surface area (Å²) >= 11 is 1.62. The molecule has 2 aromatic heterocycles. The Morgan fingerprint density at radius 2 is 2.41 bits per heavy atom. The van der Waals surface area contributed by atoms with Gasteiger partial charge < -0.3 is 9.73 Å². The number of aryl methyl sites for hydroxylation is 1. The minimum atomic E-state index is 0. The van der Waals surface area contributed by atoms with Gasteiger partial charge in [0.05, 0.1) is 12.8 Å². The lowest BCUT2D eigenvalue weighted by Gasteiger charge is -2.01. The van der Waals surface area contributed by atoms with Crippen molar-refractivity contribution in [1.29, 1.82) is 0 Å². The van der Waals surface area contributed by atoms with Crippen molar-refractivity contribution in [3.8, 4) is 0 Å². The quantitative estimate of drug-likeness (QED) is 0.629. The molecule has 2 heterocycles. The summed E-state index contributed by atoms with van der Waals surface area (Å²) in [4.78, 5) is 0. The molecule has 8 heteroatoms. The van der Waals surface area contributed by atoms with Gasteiger partial charge in [-0.1, -0.05) is 11.8 Å². The van der Waals surface area contributed by atoms with E-state index in [1.807, 2.05) is 19.2 Å². The van der Waals surface area contributed by atoms with Crippen molar-refractivity contribution in [2.24, 2.45) is 7.05 Å². The average molecular weight is 276 g/mol. The molecule has 0 atom stereocenters. The van der Waals surface area contributed by atoms with E-state index in [0.29, 0.717) is 0 Å². The zero-order chi connectivity index (χ0) is 11.2. The lowest BCUT2D eigenvalue weighted by atomic mass is 10.4. The van der Waals surface area contributed by atoms with Gasteiger partial charge in [0.2, 0.25) is 5.16 Å². The van der Waals surface area contributed by atoms with E-state index in [9.17, 15) is 0 Å². The van der Waals surface area contributed by atoms with Gasteiger partial charge in [0.1, 0.15) is 5.76 Å². The lowest BCUT2D eigenvalue weighted by Crippen LogP contribution is -2.16. The summed E-state index contributed by atoms with van der Waals surface area (Å²) in [6.45, 7) is 1.64. The van der Waals surface area contributed by atoms with Gasteiger partial charge in [-0.2, -0.15) is 0 Å². The number of thioether (sulfide) groups is 1. The number of tetrazole rings is 1. The minimum Gasteiger partial charge on any atom is -0.468 e. The molecule has 0 spiro atoms. The zero-order valence-electron chi connectivity index (χ0n) is 9.37. The maximum absolute atomic E-state index is 5.20.